The molecule has 2 N–H and O–H groups in total. The lowest BCUT2D eigenvalue weighted by molar-refractivity contribution is -0.112. The number of ether oxygens (including phenoxy) is 1. The zero-order valence-electron chi connectivity index (χ0n) is 11.4. The summed E-state index contributed by atoms with van der Waals surface area (Å²) in [5, 5.41) is -0.0328. The van der Waals surface area contributed by atoms with Crippen molar-refractivity contribution >= 4 is 38.4 Å². The molecule has 0 aliphatic rings. The lowest BCUT2D eigenvalue weighted by Gasteiger charge is -2.15. The Morgan fingerprint density at radius 2 is 2.00 bits per heavy atom. The fraction of sp³-hybridized carbons (Fsp3) is 0.308. The summed E-state index contributed by atoms with van der Waals surface area (Å²) < 4.78 is 29.8. The van der Waals surface area contributed by atoms with Gasteiger partial charge in [0.1, 0.15) is 5.75 Å². The molecule has 20 heavy (non-hydrogen) atoms. The van der Waals surface area contributed by atoms with Crippen molar-refractivity contribution in [1.29, 1.82) is 0 Å². The van der Waals surface area contributed by atoms with Crippen LogP contribution in [-0.2, 0) is 4.79 Å². The van der Waals surface area contributed by atoms with Crippen LogP contribution in [0.25, 0.3) is 6.08 Å². The second kappa shape index (κ2) is 8.18. The Morgan fingerprint density at radius 1 is 1.45 bits per heavy atom. The van der Waals surface area contributed by atoms with Crippen molar-refractivity contribution in [2.24, 2.45) is 0 Å². The van der Waals surface area contributed by atoms with Crippen LogP contribution < -0.4 is 10.5 Å². The number of hydrogen-bond donors (Lipinski definition) is 1. The molecule has 1 aromatic carbocycles. The Labute approximate surface area is 124 Å². The summed E-state index contributed by atoms with van der Waals surface area (Å²) in [7, 11) is 1.24. The lowest BCUT2D eigenvalue weighted by atomic mass is 10.1. The van der Waals surface area contributed by atoms with Crippen LogP contribution in [0, 0.1) is 0 Å². The molecule has 0 saturated heterocycles. The molecule has 1 rings (SSSR count). The van der Waals surface area contributed by atoms with E-state index in [4.69, 9.17) is 17.3 Å². The fourth-order valence-electron chi connectivity index (χ4n) is 1.16. The third kappa shape index (κ3) is 6.83. The summed E-state index contributed by atoms with van der Waals surface area (Å²) in [6, 6.07) is 2.53. The van der Waals surface area contributed by atoms with E-state index in [1.165, 1.54) is 40.4 Å². The average molecular weight is 324 g/mol. The second-order valence-corrected chi connectivity index (χ2v) is 4.60. The van der Waals surface area contributed by atoms with Gasteiger partial charge in [-0.2, -0.15) is 8.78 Å². The van der Waals surface area contributed by atoms with Crippen molar-refractivity contribution in [3.63, 3.8) is 0 Å². The van der Waals surface area contributed by atoms with E-state index < -0.39 is 5.85 Å². The van der Waals surface area contributed by atoms with Gasteiger partial charge in [-0.05, 0) is 40.4 Å². The van der Waals surface area contributed by atoms with E-state index in [-0.39, 0.29) is 22.2 Å². The van der Waals surface area contributed by atoms with Crippen molar-refractivity contribution in [3.8, 4) is 5.75 Å². The molecular formula is C13H17ClF2NO2P. The molecule has 0 heterocycles. The van der Waals surface area contributed by atoms with Crippen LogP contribution in [0.1, 0.15) is 26.3 Å². The molecule has 0 aliphatic carbocycles. The quantitative estimate of drug-likeness (QED) is 0.509. The molecule has 112 valence electrons. The van der Waals surface area contributed by atoms with Crippen LogP contribution in [0.4, 0.5) is 14.5 Å². The van der Waals surface area contributed by atoms with Gasteiger partial charge in [0.25, 0.3) is 0 Å². The van der Waals surface area contributed by atoms with Crippen LogP contribution in [0.2, 0.25) is 5.02 Å². The van der Waals surface area contributed by atoms with Crippen LogP contribution in [0.3, 0.4) is 0 Å². The van der Waals surface area contributed by atoms with Crippen LogP contribution in [0.15, 0.2) is 18.2 Å². The monoisotopic (exact) mass is 323 g/mol. The van der Waals surface area contributed by atoms with E-state index in [0.717, 1.165) is 0 Å². The number of benzene rings is 1. The fourth-order valence-corrected chi connectivity index (χ4v) is 1.50. The van der Waals surface area contributed by atoms with Crippen molar-refractivity contribution < 1.29 is 18.3 Å². The maximum absolute atomic E-state index is 12.7. The molecule has 0 fully saturated rings. The summed E-state index contributed by atoms with van der Waals surface area (Å²) in [5.74, 6) is -3.83. The van der Waals surface area contributed by atoms with E-state index in [1.54, 1.807) is 0 Å². The molecule has 1 atom stereocenters. The van der Waals surface area contributed by atoms with Crippen molar-refractivity contribution in [2.75, 3.05) is 5.73 Å². The first-order chi connectivity index (χ1) is 9.19. The molecule has 3 nitrogen and oxygen atoms in total. The Morgan fingerprint density at radius 3 is 2.45 bits per heavy atom. The van der Waals surface area contributed by atoms with E-state index in [1.807, 2.05) is 13.8 Å². The topological polar surface area (TPSA) is 52.3 Å². The lowest BCUT2D eigenvalue weighted by Crippen LogP contribution is -2.15. The molecule has 0 bridgehead atoms. The third-order valence-corrected chi connectivity index (χ3v) is 2.29. The minimum absolute atomic E-state index is 0.0328. The highest BCUT2D eigenvalue weighted by molar-refractivity contribution is 7.17. The molecule has 0 amide bonds. The van der Waals surface area contributed by atoms with E-state index in [0.29, 0.717) is 5.56 Å². The summed E-state index contributed by atoms with van der Waals surface area (Å²) in [6.45, 7) is 5.36. The van der Waals surface area contributed by atoms with E-state index in [2.05, 4.69) is 4.74 Å². The number of carbonyl (C=O) groups is 1. The highest BCUT2D eigenvalue weighted by atomic mass is 35.5. The van der Waals surface area contributed by atoms with Gasteiger partial charge in [-0.1, -0.05) is 25.4 Å². The first-order valence-corrected chi connectivity index (χ1v) is 6.78. The van der Waals surface area contributed by atoms with Gasteiger partial charge in [-0.25, -0.2) is 0 Å². The smallest absolute Gasteiger partial charge is 0.408 e. The van der Waals surface area contributed by atoms with Crippen LogP contribution in [-0.4, -0.2) is 11.6 Å². The average Bonchev–Trinajstić information content (AvgIpc) is 2.32. The number of allylic oxidation sites excluding steroid dienone is 1. The number of nitrogen functional groups attached to an aromatic ring is 1. The highest BCUT2D eigenvalue weighted by Gasteiger charge is 2.25. The zero-order valence-corrected chi connectivity index (χ0v) is 13.3. The third-order valence-electron chi connectivity index (χ3n) is 1.88. The standard InChI is InChI=1S/C11H11ClF2NO2P.C2H6/c1-6(16)2-3-7-4-10(17-11(13,14)18)8(12)5-9(7)15;1-2/h2-5H,15,18H2,1H3;1-2H3/b3-2+;. The van der Waals surface area contributed by atoms with Crippen molar-refractivity contribution in [2.45, 2.75) is 26.6 Å². The van der Waals surface area contributed by atoms with Gasteiger partial charge < -0.3 is 10.5 Å². The molecule has 0 spiro atoms. The summed E-state index contributed by atoms with van der Waals surface area (Å²) in [6.07, 6.45) is 2.67. The maximum Gasteiger partial charge on any atom is 0.408 e. The molecule has 0 aliphatic heterocycles. The van der Waals surface area contributed by atoms with Gasteiger partial charge in [0.2, 0.25) is 0 Å². The molecule has 7 heteroatoms. The number of anilines is 1. The number of ketones is 1. The normalized spacial score (nSPS) is 10.9. The molecule has 1 aromatic rings. The predicted molar refractivity (Wildman–Crippen MR) is 82.2 cm³/mol. The maximum atomic E-state index is 12.7. The SMILES string of the molecule is CC.CC(=O)/C=C/c1cc(OC(F)(F)P)c(Cl)cc1N. The number of halogens is 3. The van der Waals surface area contributed by atoms with Crippen molar-refractivity contribution in [1.82, 2.24) is 0 Å². The predicted octanol–water partition coefficient (Wildman–Crippen LogP) is 4.35. The zero-order chi connectivity index (χ0) is 15.9. The van der Waals surface area contributed by atoms with Gasteiger partial charge in [-0.3, -0.25) is 4.79 Å². The number of hydrogen-bond acceptors (Lipinski definition) is 3. The molecule has 1 unspecified atom stereocenters. The molecule has 0 aromatic heterocycles. The molecule has 0 saturated carbocycles. The van der Waals surface area contributed by atoms with Gasteiger partial charge in [0.15, 0.2) is 5.78 Å². The van der Waals surface area contributed by atoms with Gasteiger partial charge in [-0.15, -0.1) is 0 Å². The van der Waals surface area contributed by atoms with Gasteiger partial charge >= 0.3 is 5.85 Å². The first-order valence-electron chi connectivity index (χ1n) is 5.82. The van der Waals surface area contributed by atoms with Crippen LogP contribution >= 0.6 is 20.8 Å². The number of alkyl halides is 2. The summed E-state index contributed by atoms with van der Waals surface area (Å²) in [4.78, 5) is 10.8. The largest absolute Gasteiger partial charge is 0.428 e. The minimum Gasteiger partial charge on any atom is -0.428 e. The van der Waals surface area contributed by atoms with Crippen LogP contribution in [0.5, 0.6) is 5.75 Å². The first kappa shape index (κ1) is 18.8. The highest BCUT2D eigenvalue weighted by Crippen LogP contribution is 2.35. The summed E-state index contributed by atoms with van der Waals surface area (Å²) >= 11 is 5.73. The Kier molecular flexibility index (Phi) is 7.69. The Balaban J connectivity index is 0.00000172. The Bertz CT molecular complexity index is 502. The molecular weight excluding hydrogens is 307 g/mol. The summed E-state index contributed by atoms with van der Waals surface area (Å²) in [5.41, 5.74) is 6.28. The van der Waals surface area contributed by atoms with Gasteiger partial charge in [0, 0.05) is 11.3 Å². The van der Waals surface area contributed by atoms with E-state index in [9.17, 15) is 13.6 Å². The van der Waals surface area contributed by atoms with Crippen molar-refractivity contribution in [3.05, 3.63) is 28.8 Å². The second-order valence-electron chi connectivity index (χ2n) is 3.52. The Hall–Kier alpha value is -1.19. The minimum atomic E-state index is -3.43. The number of carbonyl (C=O) groups excluding carboxylic acids is 1. The van der Waals surface area contributed by atoms with Gasteiger partial charge in [0.05, 0.1) is 5.02 Å². The molecule has 0 radical (unpaired) electrons. The number of rotatable bonds is 4. The number of nitrogens with two attached hydrogens (primary N) is 1. The van der Waals surface area contributed by atoms with E-state index >= 15 is 0 Å².